The van der Waals surface area contributed by atoms with Crippen LogP contribution in [0.2, 0.25) is 0 Å². The van der Waals surface area contributed by atoms with Crippen molar-refractivity contribution in [2.75, 3.05) is 26.1 Å². The van der Waals surface area contributed by atoms with E-state index in [2.05, 4.69) is 27.5 Å². The van der Waals surface area contributed by atoms with E-state index in [-0.39, 0.29) is 5.91 Å². The van der Waals surface area contributed by atoms with Gasteiger partial charge < -0.3 is 20.1 Å². The van der Waals surface area contributed by atoms with Crippen LogP contribution in [0.15, 0.2) is 24.3 Å². The lowest BCUT2D eigenvalue weighted by molar-refractivity contribution is 0.0945. The molecule has 2 rings (SSSR count). The Balaban J connectivity index is 2.00. The molecular formula is C20H28N4O3. The molecule has 0 saturated heterocycles. The van der Waals surface area contributed by atoms with Crippen molar-refractivity contribution in [3.8, 4) is 11.5 Å². The molecule has 0 fully saturated rings. The van der Waals surface area contributed by atoms with Gasteiger partial charge in [-0.2, -0.15) is 0 Å². The number of hydrogen-bond donors (Lipinski definition) is 2. The summed E-state index contributed by atoms with van der Waals surface area (Å²) in [5, 5.41) is 6.07. The standard InChI is InChI=1S/C20H28N4O3/c1-5-6-7-10-21-20-23-14(2)11-16(24-20)19(25)22-13-15-8-9-17(26-3)18(12-15)27-4/h8-9,11-12H,5-7,10,13H2,1-4H3,(H,22,25)(H,21,23,24). The van der Waals surface area contributed by atoms with Gasteiger partial charge in [0.25, 0.3) is 5.91 Å². The number of amides is 1. The molecule has 1 heterocycles. The molecule has 0 aliphatic heterocycles. The third kappa shape index (κ3) is 6.13. The van der Waals surface area contributed by atoms with E-state index in [0.717, 1.165) is 37.1 Å². The zero-order valence-corrected chi connectivity index (χ0v) is 16.5. The van der Waals surface area contributed by atoms with Crippen molar-refractivity contribution >= 4 is 11.9 Å². The summed E-state index contributed by atoms with van der Waals surface area (Å²) in [6.07, 6.45) is 3.35. The molecular weight excluding hydrogens is 344 g/mol. The minimum atomic E-state index is -0.244. The fraction of sp³-hybridized carbons (Fsp3) is 0.450. The Labute approximate surface area is 160 Å². The molecule has 146 valence electrons. The summed E-state index contributed by atoms with van der Waals surface area (Å²) in [6.45, 7) is 5.17. The molecule has 2 N–H and O–H groups in total. The Kier molecular flexibility index (Phi) is 7.85. The van der Waals surface area contributed by atoms with E-state index in [4.69, 9.17) is 9.47 Å². The summed E-state index contributed by atoms with van der Waals surface area (Å²) in [4.78, 5) is 21.2. The van der Waals surface area contributed by atoms with Gasteiger partial charge in [0.05, 0.1) is 14.2 Å². The Morgan fingerprint density at radius 2 is 1.85 bits per heavy atom. The fourth-order valence-electron chi connectivity index (χ4n) is 2.60. The van der Waals surface area contributed by atoms with Crippen molar-refractivity contribution in [3.05, 3.63) is 41.2 Å². The van der Waals surface area contributed by atoms with Gasteiger partial charge in [0.1, 0.15) is 5.69 Å². The number of carbonyl (C=O) groups is 1. The van der Waals surface area contributed by atoms with E-state index in [0.29, 0.717) is 29.7 Å². The van der Waals surface area contributed by atoms with Crippen LogP contribution in [0.4, 0.5) is 5.95 Å². The number of methoxy groups -OCH3 is 2. The first-order chi connectivity index (χ1) is 13.1. The number of benzene rings is 1. The Morgan fingerprint density at radius 3 is 2.56 bits per heavy atom. The summed E-state index contributed by atoms with van der Waals surface area (Å²) < 4.78 is 10.5. The van der Waals surface area contributed by atoms with Gasteiger partial charge in [-0.1, -0.05) is 25.8 Å². The van der Waals surface area contributed by atoms with Crippen molar-refractivity contribution in [1.82, 2.24) is 15.3 Å². The molecule has 1 aromatic heterocycles. The monoisotopic (exact) mass is 372 g/mol. The maximum atomic E-state index is 12.5. The summed E-state index contributed by atoms with van der Waals surface area (Å²) in [5.41, 5.74) is 2.00. The number of aryl methyl sites for hydroxylation is 1. The second-order valence-electron chi connectivity index (χ2n) is 6.22. The number of hydrogen-bond acceptors (Lipinski definition) is 6. The van der Waals surface area contributed by atoms with E-state index >= 15 is 0 Å². The molecule has 0 bridgehead atoms. The van der Waals surface area contributed by atoms with Gasteiger partial charge in [-0.05, 0) is 37.1 Å². The van der Waals surface area contributed by atoms with Crippen LogP contribution < -0.4 is 20.1 Å². The van der Waals surface area contributed by atoms with Crippen LogP contribution in [-0.4, -0.2) is 36.6 Å². The number of rotatable bonds is 10. The highest BCUT2D eigenvalue weighted by Gasteiger charge is 2.11. The molecule has 1 aromatic carbocycles. The molecule has 0 aliphatic carbocycles. The third-order valence-corrected chi connectivity index (χ3v) is 4.05. The predicted octanol–water partition coefficient (Wildman–Crippen LogP) is 3.33. The van der Waals surface area contributed by atoms with Crippen LogP contribution in [-0.2, 0) is 6.54 Å². The maximum absolute atomic E-state index is 12.5. The molecule has 7 nitrogen and oxygen atoms in total. The molecule has 2 aromatic rings. The van der Waals surface area contributed by atoms with Crippen LogP contribution in [0.3, 0.4) is 0 Å². The summed E-state index contributed by atoms with van der Waals surface area (Å²) in [6, 6.07) is 7.22. The molecule has 0 saturated carbocycles. The number of ether oxygens (including phenoxy) is 2. The number of anilines is 1. The molecule has 27 heavy (non-hydrogen) atoms. The van der Waals surface area contributed by atoms with Gasteiger partial charge in [0.15, 0.2) is 11.5 Å². The zero-order valence-electron chi connectivity index (χ0n) is 16.5. The minimum absolute atomic E-state index is 0.244. The summed E-state index contributed by atoms with van der Waals surface area (Å²) in [7, 11) is 3.17. The van der Waals surface area contributed by atoms with E-state index in [1.807, 2.05) is 25.1 Å². The van der Waals surface area contributed by atoms with Gasteiger partial charge in [-0.3, -0.25) is 4.79 Å². The van der Waals surface area contributed by atoms with Gasteiger partial charge >= 0.3 is 0 Å². The SMILES string of the molecule is CCCCCNc1nc(C)cc(C(=O)NCc2ccc(OC)c(OC)c2)n1. The highest BCUT2D eigenvalue weighted by molar-refractivity contribution is 5.92. The number of nitrogens with zero attached hydrogens (tertiary/aromatic N) is 2. The first kappa shape index (κ1) is 20.5. The van der Waals surface area contributed by atoms with E-state index < -0.39 is 0 Å². The van der Waals surface area contributed by atoms with Crippen LogP contribution in [0.5, 0.6) is 11.5 Å². The first-order valence-electron chi connectivity index (χ1n) is 9.16. The van der Waals surface area contributed by atoms with E-state index in [1.165, 1.54) is 0 Å². The number of aromatic nitrogens is 2. The minimum Gasteiger partial charge on any atom is -0.493 e. The normalized spacial score (nSPS) is 10.4. The van der Waals surface area contributed by atoms with E-state index in [1.54, 1.807) is 20.3 Å². The maximum Gasteiger partial charge on any atom is 0.270 e. The highest BCUT2D eigenvalue weighted by Crippen LogP contribution is 2.27. The smallest absolute Gasteiger partial charge is 0.270 e. The second kappa shape index (κ2) is 10.4. The van der Waals surface area contributed by atoms with Gasteiger partial charge in [-0.15, -0.1) is 0 Å². The molecule has 0 spiro atoms. The van der Waals surface area contributed by atoms with Crippen LogP contribution in [0.25, 0.3) is 0 Å². The Morgan fingerprint density at radius 1 is 1.07 bits per heavy atom. The lowest BCUT2D eigenvalue weighted by atomic mass is 10.2. The van der Waals surface area contributed by atoms with Crippen LogP contribution in [0.1, 0.15) is 47.9 Å². The lowest BCUT2D eigenvalue weighted by Gasteiger charge is -2.11. The van der Waals surface area contributed by atoms with Crippen molar-refractivity contribution in [1.29, 1.82) is 0 Å². The fourth-order valence-corrected chi connectivity index (χ4v) is 2.60. The number of nitrogens with one attached hydrogen (secondary N) is 2. The summed E-state index contributed by atoms with van der Waals surface area (Å²) in [5.74, 6) is 1.52. The average molecular weight is 372 g/mol. The van der Waals surface area contributed by atoms with Crippen LogP contribution in [0, 0.1) is 6.92 Å². The van der Waals surface area contributed by atoms with E-state index in [9.17, 15) is 4.79 Å². The predicted molar refractivity (Wildman–Crippen MR) is 105 cm³/mol. The molecule has 0 radical (unpaired) electrons. The van der Waals surface area contributed by atoms with Crippen molar-refractivity contribution < 1.29 is 14.3 Å². The van der Waals surface area contributed by atoms with Crippen LogP contribution >= 0.6 is 0 Å². The quantitative estimate of drug-likeness (QED) is 0.622. The third-order valence-electron chi connectivity index (χ3n) is 4.05. The molecule has 0 atom stereocenters. The van der Waals surface area contributed by atoms with Gasteiger partial charge in [0.2, 0.25) is 5.95 Å². The van der Waals surface area contributed by atoms with Gasteiger partial charge in [0, 0.05) is 18.8 Å². The second-order valence-corrected chi connectivity index (χ2v) is 6.22. The zero-order chi connectivity index (χ0) is 19.6. The number of unbranched alkanes of at least 4 members (excludes halogenated alkanes) is 2. The average Bonchev–Trinajstić information content (AvgIpc) is 2.68. The van der Waals surface area contributed by atoms with Gasteiger partial charge in [-0.25, -0.2) is 9.97 Å². The summed E-state index contributed by atoms with van der Waals surface area (Å²) >= 11 is 0. The molecule has 0 aliphatic rings. The Hall–Kier alpha value is -2.83. The molecule has 7 heteroatoms. The highest BCUT2D eigenvalue weighted by atomic mass is 16.5. The Bertz CT molecular complexity index is 765. The van der Waals surface area contributed by atoms with Crippen molar-refractivity contribution in [2.24, 2.45) is 0 Å². The first-order valence-corrected chi connectivity index (χ1v) is 9.16. The van der Waals surface area contributed by atoms with Crippen molar-refractivity contribution in [2.45, 2.75) is 39.7 Å². The topological polar surface area (TPSA) is 85.4 Å². The molecule has 0 unspecified atom stereocenters. The van der Waals surface area contributed by atoms with Crippen molar-refractivity contribution in [3.63, 3.8) is 0 Å². The lowest BCUT2D eigenvalue weighted by Crippen LogP contribution is -2.24. The molecule has 1 amide bonds. The largest absolute Gasteiger partial charge is 0.493 e. The number of carbonyl (C=O) groups excluding carboxylic acids is 1.